The number of amides is 2. The molecule has 0 aromatic carbocycles. The standard InChI is InChI=1S/C12H22N2O3S/c1-4-9(7-18-3)14(2)11(17)13-8-12(5-6-12)10(15)16/h9H,4-8H2,1-3H3,(H,13,17)(H,15,16). The number of hydrogen-bond acceptors (Lipinski definition) is 3. The molecule has 6 heteroatoms. The van der Waals surface area contributed by atoms with Crippen LogP contribution in [0.5, 0.6) is 0 Å². The Morgan fingerprint density at radius 3 is 2.50 bits per heavy atom. The number of carboxylic acid groups (broad SMARTS) is 1. The van der Waals surface area contributed by atoms with Crippen molar-refractivity contribution in [3.63, 3.8) is 0 Å². The summed E-state index contributed by atoms with van der Waals surface area (Å²) < 4.78 is 0. The van der Waals surface area contributed by atoms with E-state index >= 15 is 0 Å². The third-order valence-electron chi connectivity index (χ3n) is 3.58. The maximum absolute atomic E-state index is 11.9. The minimum Gasteiger partial charge on any atom is -0.481 e. The molecule has 18 heavy (non-hydrogen) atoms. The molecule has 0 aromatic heterocycles. The van der Waals surface area contributed by atoms with E-state index < -0.39 is 11.4 Å². The minimum absolute atomic E-state index is 0.177. The minimum atomic E-state index is -0.804. The van der Waals surface area contributed by atoms with E-state index in [4.69, 9.17) is 5.11 Å². The number of urea groups is 1. The Hall–Kier alpha value is -0.910. The van der Waals surface area contributed by atoms with Crippen LogP contribution < -0.4 is 5.32 Å². The first-order valence-electron chi connectivity index (χ1n) is 6.20. The van der Waals surface area contributed by atoms with Crippen molar-refractivity contribution in [2.75, 3.05) is 25.6 Å². The van der Waals surface area contributed by atoms with Gasteiger partial charge in [-0.3, -0.25) is 4.79 Å². The van der Waals surface area contributed by atoms with Crippen LogP contribution in [0.15, 0.2) is 0 Å². The summed E-state index contributed by atoms with van der Waals surface area (Å²) in [5.41, 5.74) is -0.697. The summed E-state index contributed by atoms with van der Waals surface area (Å²) in [6, 6.07) is 0.0170. The third-order valence-corrected chi connectivity index (χ3v) is 4.30. The van der Waals surface area contributed by atoms with E-state index in [2.05, 4.69) is 5.32 Å². The van der Waals surface area contributed by atoms with Crippen molar-refractivity contribution in [3.8, 4) is 0 Å². The number of nitrogens with zero attached hydrogens (tertiary/aromatic N) is 1. The Bertz CT molecular complexity index is 318. The molecule has 0 radical (unpaired) electrons. The number of carbonyl (C=O) groups is 2. The van der Waals surface area contributed by atoms with Crippen LogP contribution in [0.3, 0.4) is 0 Å². The number of nitrogens with one attached hydrogen (secondary N) is 1. The summed E-state index contributed by atoms with van der Waals surface area (Å²) in [7, 11) is 1.76. The van der Waals surface area contributed by atoms with Crippen molar-refractivity contribution >= 4 is 23.8 Å². The van der Waals surface area contributed by atoms with Gasteiger partial charge in [0.25, 0.3) is 0 Å². The number of aliphatic carboxylic acids is 1. The van der Waals surface area contributed by atoms with Gasteiger partial charge >= 0.3 is 12.0 Å². The third kappa shape index (κ3) is 3.54. The molecule has 0 spiro atoms. The Labute approximate surface area is 112 Å². The SMILES string of the molecule is CCC(CSC)N(C)C(=O)NCC1(C(=O)O)CC1. The second kappa shape index (κ2) is 6.31. The van der Waals surface area contributed by atoms with Gasteiger partial charge in [-0.25, -0.2) is 4.79 Å². The Morgan fingerprint density at radius 2 is 2.11 bits per heavy atom. The number of rotatable bonds is 7. The zero-order valence-electron chi connectivity index (χ0n) is 11.2. The van der Waals surface area contributed by atoms with E-state index in [1.54, 1.807) is 23.7 Å². The smallest absolute Gasteiger partial charge is 0.317 e. The molecule has 1 aliphatic carbocycles. The van der Waals surface area contributed by atoms with Gasteiger partial charge in [-0.1, -0.05) is 6.92 Å². The van der Waals surface area contributed by atoms with Crippen molar-refractivity contribution in [2.24, 2.45) is 5.41 Å². The number of carbonyl (C=O) groups excluding carboxylic acids is 1. The number of hydrogen-bond donors (Lipinski definition) is 2. The fourth-order valence-corrected chi connectivity index (χ4v) is 2.69. The van der Waals surface area contributed by atoms with Crippen molar-refractivity contribution in [1.29, 1.82) is 0 Å². The zero-order chi connectivity index (χ0) is 13.8. The first-order chi connectivity index (χ1) is 8.46. The van der Waals surface area contributed by atoms with Gasteiger partial charge in [0, 0.05) is 25.4 Å². The lowest BCUT2D eigenvalue weighted by atomic mass is 10.1. The highest BCUT2D eigenvalue weighted by Crippen LogP contribution is 2.45. The average molecular weight is 274 g/mol. The predicted octanol–water partition coefficient (Wildman–Crippen LogP) is 1.63. The lowest BCUT2D eigenvalue weighted by molar-refractivity contribution is -0.143. The molecule has 2 amide bonds. The fourth-order valence-electron chi connectivity index (χ4n) is 1.85. The van der Waals surface area contributed by atoms with Crippen LogP contribution in [-0.4, -0.2) is 53.6 Å². The maximum atomic E-state index is 11.9. The summed E-state index contributed by atoms with van der Waals surface area (Å²) >= 11 is 1.71. The molecular weight excluding hydrogens is 252 g/mol. The molecule has 1 rings (SSSR count). The zero-order valence-corrected chi connectivity index (χ0v) is 12.0. The van der Waals surface area contributed by atoms with Crippen LogP contribution in [0.1, 0.15) is 26.2 Å². The van der Waals surface area contributed by atoms with Crippen molar-refractivity contribution < 1.29 is 14.7 Å². The summed E-state index contributed by atoms with van der Waals surface area (Å²) in [5.74, 6) is 0.0893. The first-order valence-corrected chi connectivity index (χ1v) is 7.59. The molecule has 0 heterocycles. The van der Waals surface area contributed by atoms with Gasteiger partial charge in [0.15, 0.2) is 0 Å². The fraction of sp³-hybridized carbons (Fsp3) is 0.833. The molecule has 0 bridgehead atoms. The highest BCUT2D eigenvalue weighted by atomic mass is 32.2. The average Bonchev–Trinajstić information content (AvgIpc) is 3.13. The molecule has 0 saturated heterocycles. The van der Waals surface area contributed by atoms with Gasteiger partial charge in [0.1, 0.15) is 0 Å². The van der Waals surface area contributed by atoms with Crippen LogP contribution in [0.4, 0.5) is 4.79 Å². The van der Waals surface area contributed by atoms with Crippen molar-refractivity contribution in [3.05, 3.63) is 0 Å². The molecule has 1 saturated carbocycles. The number of thioether (sulfide) groups is 1. The molecule has 2 N–H and O–H groups in total. The summed E-state index contributed by atoms with van der Waals surface area (Å²) in [6.07, 6.45) is 4.23. The largest absolute Gasteiger partial charge is 0.481 e. The molecule has 1 aliphatic rings. The molecular formula is C12H22N2O3S. The Morgan fingerprint density at radius 1 is 1.50 bits per heavy atom. The topological polar surface area (TPSA) is 69.6 Å². The molecule has 1 atom stereocenters. The van der Waals surface area contributed by atoms with Crippen LogP contribution in [0, 0.1) is 5.41 Å². The molecule has 1 unspecified atom stereocenters. The lowest BCUT2D eigenvalue weighted by Crippen LogP contribution is -2.46. The second-order valence-corrected chi connectivity index (χ2v) is 5.78. The van der Waals surface area contributed by atoms with Crippen LogP contribution >= 0.6 is 11.8 Å². The van der Waals surface area contributed by atoms with Crippen LogP contribution in [-0.2, 0) is 4.79 Å². The quantitative estimate of drug-likeness (QED) is 0.740. The lowest BCUT2D eigenvalue weighted by Gasteiger charge is -2.27. The van der Waals surface area contributed by atoms with E-state index in [1.165, 1.54) is 0 Å². The Kier molecular flexibility index (Phi) is 5.31. The summed E-state index contributed by atoms with van der Waals surface area (Å²) in [4.78, 5) is 24.6. The predicted molar refractivity (Wildman–Crippen MR) is 72.9 cm³/mol. The summed E-state index contributed by atoms with van der Waals surface area (Å²) in [6.45, 7) is 2.28. The van der Waals surface area contributed by atoms with Crippen LogP contribution in [0.25, 0.3) is 0 Å². The first kappa shape index (κ1) is 15.1. The number of carboxylic acids is 1. The highest BCUT2D eigenvalue weighted by Gasteiger charge is 2.50. The van der Waals surface area contributed by atoms with Gasteiger partial charge in [0.05, 0.1) is 5.41 Å². The van der Waals surface area contributed by atoms with E-state index in [0.717, 1.165) is 12.2 Å². The molecule has 0 aliphatic heterocycles. The highest BCUT2D eigenvalue weighted by molar-refractivity contribution is 7.98. The summed E-state index contributed by atoms with van der Waals surface area (Å²) in [5, 5.41) is 11.8. The van der Waals surface area contributed by atoms with E-state index in [-0.39, 0.29) is 18.6 Å². The van der Waals surface area contributed by atoms with E-state index in [9.17, 15) is 9.59 Å². The molecule has 104 valence electrons. The maximum Gasteiger partial charge on any atom is 0.317 e. The van der Waals surface area contributed by atoms with Gasteiger partial charge in [-0.05, 0) is 25.5 Å². The van der Waals surface area contributed by atoms with Gasteiger partial charge in [-0.15, -0.1) is 0 Å². The molecule has 5 nitrogen and oxygen atoms in total. The van der Waals surface area contributed by atoms with Gasteiger partial charge in [-0.2, -0.15) is 11.8 Å². The van der Waals surface area contributed by atoms with Gasteiger partial charge in [0.2, 0.25) is 0 Å². The van der Waals surface area contributed by atoms with E-state index in [1.807, 2.05) is 13.2 Å². The van der Waals surface area contributed by atoms with E-state index in [0.29, 0.717) is 12.8 Å². The normalized spacial score (nSPS) is 17.9. The van der Waals surface area contributed by atoms with Crippen LogP contribution in [0.2, 0.25) is 0 Å². The second-order valence-electron chi connectivity index (χ2n) is 4.87. The monoisotopic (exact) mass is 274 g/mol. The Balaban J connectivity index is 2.42. The molecule has 0 aromatic rings. The van der Waals surface area contributed by atoms with Gasteiger partial charge < -0.3 is 15.3 Å². The van der Waals surface area contributed by atoms with Crippen molar-refractivity contribution in [2.45, 2.75) is 32.2 Å². The molecule has 1 fully saturated rings. The van der Waals surface area contributed by atoms with Crippen molar-refractivity contribution in [1.82, 2.24) is 10.2 Å².